The fourth-order valence-corrected chi connectivity index (χ4v) is 5.32. The molecule has 0 heterocycles. The first kappa shape index (κ1) is 25.5. The van der Waals surface area contributed by atoms with Gasteiger partial charge in [0.25, 0.3) is 0 Å². The van der Waals surface area contributed by atoms with Crippen molar-refractivity contribution in [3.63, 3.8) is 0 Å². The van der Waals surface area contributed by atoms with Gasteiger partial charge in [-0.3, -0.25) is 4.79 Å². The highest BCUT2D eigenvalue weighted by molar-refractivity contribution is 5.82. The van der Waals surface area contributed by atoms with Crippen molar-refractivity contribution in [2.45, 2.75) is 91.4 Å². The zero-order chi connectivity index (χ0) is 23.6. The van der Waals surface area contributed by atoms with Crippen LogP contribution in [0.2, 0.25) is 0 Å². The topological polar surface area (TPSA) is 26.3 Å². The third kappa shape index (κ3) is 7.45. The van der Waals surface area contributed by atoms with E-state index >= 15 is 0 Å². The van der Waals surface area contributed by atoms with Gasteiger partial charge in [-0.25, -0.2) is 0 Å². The molecule has 0 amide bonds. The number of rotatable bonds is 13. The fourth-order valence-electron chi connectivity index (χ4n) is 5.32. The van der Waals surface area contributed by atoms with Crippen LogP contribution in [-0.2, 0) is 17.6 Å². The van der Waals surface area contributed by atoms with Gasteiger partial charge in [-0.1, -0.05) is 96.2 Å². The Morgan fingerprint density at radius 3 is 2.42 bits per heavy atom. The van der Waals surface area contributed by atoms with Crippen molar-refractivity contribution in [3.05, 3.63) is 65.2 Å². The van der Waals surface area contributed by atoms with Crippen molar-refractivity contribution >= 4 is 5.78 Å². The Bertz CT molecular complexity index is 847. The third-order valence-corrected chi connectivity index (χ3v) is 7.78. The maximum Gasteiger partial charge on any atom is 0.139 e. The standard InChI is InChI=1S/C31H44O2/c1-5-24(6-2)11-7-8-13-27-18-17-26-12-9-10-14-29(26)30(27)22-33-28-19-15-25(16-20-28)21-31(32)23(3)4/h9-10,12,14-16,19-20,23-24,27,30H,5-8,11,13,17-18,21-22H2,1-4H3. The molecule has 2 atom stereocenters. The predicted octanol–water partition coefficient (Wildman–Crippen LogP) is 8.18. The number of benzene rings is 2. The zero-order valence-electron chi connectivity index (χ0n) is 21.3. The summed E-state index contributed by atoms with van der Waals surface area (Å²) in [6.07, 6.45) is 11.0. The highest BCUT2D eigenvalue weighted by Crippen LogP contribution is 2.39. The molecule has 0 saturated heterocycles. The molecule has 0 saturated carbocycles. The molecule has 0 radical (unpaired) electrons. The summed E-state index contributed by atoms with van der Waals surface area (Å²) < 4.78 is 6.33. The van der Waals surface area contributed by atoms with Gasteiger partial charge < -0.3 is 4.74 Å². The van der Waals surface area contributed by atoms with Crippen LogP contribution in [0.4, 0.5) is 0 Å². The second-order valence-corrected chi connectivity index (χ2v) is 10.3. The number of hydrogen-bond acceptors (Lipinski definition) is 2. The third-order valence-electron chi connectivity index (χ3n) is 7.78. The minimum Gasteiger partial charge on any atom is -0.493 e. The maximum atomic E-state index is 12.0. The Morgan fingerprint density at radius 2 is 1.73 bits per heavy atom. The van der Waals surface area contributed by atoms with E-state index in [9.17, 15) is 4.79 Å². The van der Waals surface area contributed by atoms with Crippen LogP contribution >= 0.6 is 0 Å². The van der Waals surface area contributed by atoms with Gasteiger partial charge in [0.2, 0.25) is 0 Å². The second kappa shape index (κ2) is 13.0. The van der Waals surface area contributed by atoms with E-state index in [2.05, 4.69) is 38.1 Å². The summed E-state index contributed by atoms with van der Waals surface area (Å²) >= 11 is 0. The summed E-state index contributed by atoms with van der Waals surface area (Å²) in [5.74, 6) is 3.34. The van der Waals surface area contributed by atoms with Crippen LogP contribution in [0.25, 0.3) is 0 Å². The number of carbonyl (C=O) groups is 1. The molecule has 2 nitrogen and oxygen atoms in total. The Hall–Kier alpha value is -2.09. The molecule has 2 aromatic rings. The Balaban J connectivity index is 1.60. The van der Waals surface area contributed by atoms with Crippen LogP contribution < -0.4 is 4.74 Å². The lowest BCUT2D eigenvalue weighted by Crippen LogP contribution is -2.26. The molecule has 0 aliphatic heterocycles. The normalized spacial score (nSPS) is 17.9. The lowest BCUT2D eigenvalue weighted by Gasteiger charge is -2.34. The largest absolute Gasteiger partial charge is 0.493 e. The molecule has 180 valence electrons. The fraction of sp³-hybridized carbons (Fsp3) is 0.581. The molecule has 1 aliphatic carbocycles. The van der Waals surface area contributed by atoms with Crippen LogP contribution in [0.3, 0.4) is 0 Å². The van der Waals surface area contributed by atoms with Crippen LogP contribution in [0.5, 0.6) is 5.75 Å². The number of ether oxygens (including phenoxy) is 1. The second-order valence-electron chi connectivity index (χ2n) is 10.3. The smallest absolute Gasteiger partial charge is 0.139 e. The summed E-state index contributed by atoms with van der Waals surface area (Å²) in [4.78, 5) is 12.0. The van der Waals surface area contributed by atoms with E-state index in [1.165, 1.54) is 62.5 Å². The summed E-state index contributed by atoms with van der Waals surface area (Å²) in [6, 6.07) is 17.1. The molecule has 2 unspecified atom stereocenters. The van der Waals surface area contributed by atoms with Crippen LogP contribution in [0.15, 0.2) is 48.5 Å². The molecule has 2 aromatic carbocycles. The minimum atomic E-state index is 0.0825. The molecule has 33 heavy (non-hydrogen) atoms. The number of ketones is 1. The van der Waals surface area contributed by atoms with Crippen molar-refractivity contribution in [1.29, 1.82) is 0 Å². The van der Waals surface area contributed by atoms with Crippen molar-refractivity contribution in [2.24, 2.45) is 17.8 Å². The molecular formula is C31H44O2. The van der Waals surface area contributed by atoms with Gasteiger partial charge >= 0.3 is 0 Å². The molecule has 0 bridgehead atoms. The Morgan fingerprint density at radius 1 is 1.00 bits per heavy atom. The number of fused-ring (bicyclic) bond motifs is 1. The quantitative estimate of drug-likeness (QED) is 0.289. The van der Waals surface area contributed by atoms with Crippen LogP contribution in [-0.4, -0.2) is 12.4 Å². The molecule has 1 aliphatic rings. The number of Topliss-reactive ketones (excluding diaryl/α,β-unsaturated/α-hetero) is 1. The molecule has 0 aromatic heterocycles. The summed E-state index contributed by atoms with van der Waals surface area (Å²) in [6.45, 7) is 9.32. The first-order valence-corrected chi connectivity index (χ1v) is 13.3. The van der Waals surface area contributed by atoms with E-state index in [4.69, 9.17) is 4.74 Å². The van der Waals surface area contributed by atoms with Gasteiger partial charge in [0, 0.05) is 18.3 Å². The average molecular weight is 449 g/mol. The van der Waals surface area contributed by atoms with Gasteiger partial charge in [0.1, 0.15) is 11.5 Å². The van der Waals surface area contributed by atoms with Gasteiger partial charge in [-0.05, 0) is 59.9 Å². The van der Waals surface area contributed by atoms with E-state index in [0.29, 0.717) is 18.3 Å². The Kier molecular flexibility index (Phi) is 10.0. The molecule has 3 rings (SSSR count). The first-order chi connectivity index (χ1) is 16.0. The number of hydrogen-bond donors (Lipinski definition) is 0. The molecule has 0 fully saturated rings. The lowest BCUT2D eigenvalue weighted by atomic mass is 9.73. The number of unbranched alkanes of at least 4 members (excludes halogenated alkanes) is 1. The highest BCUT2D eigenvalue weighted by atomic mass is 16.5. The van der Waals surface area contributed by atoms with E-state index in [-0.39, 0.29) is 11.7 Å². The van der Waals surface area contributed by atoms with Crippen molar-refractivity contribution in [1.82, 2.24) is 0 Å². The number of aryl methyl sites for hydroxylation is 1. The van der Waals surface area contributed by atoms with Gasteiger partial charge in [0.05, 0.1) is 6.61 Å². The molecular weight excluding hydrogens is 404 g/mol. The summed E-state index contributed by atoms with van der Waals surface area (Å²) in [5, 5.41) is 0. The number of carbonyl (C=O) groups excluding carboxylic acids is 1. The van der Waals surface area contributed by atoms with Crippen molar-refractivity contribution in [3.8, 4) is 5.75 Å². The SMILES string of the molecule is CCC(CC)CCCCC1CCc2ccccc2C1COc1ccc(CC(=O)C(C)C)cc1. The average Bonchev–Trinajstić information content (AvgIpc) is 2.84. The lowest BCUT2D eigenvalue weighted by molar-refractivity contribution is -0.121. The van der Waals surface area contributed by atoms with E-state index in [1.807, 2.05) is 38.1 Å². The van der Waals surface area contributed by atoms with Crippen molar-refractivity contribution < 1.29 is 9.53 Å². The summed E-state index contributed by atoms with van der Waals surface area (Å²) in [5.41, 5.74) is 4.06. The highest BCUT2D eigenvalue weighted by Gasteiger charge is 2.29. The van der Waals surface area contributed by atoms with Crippen molar-refractivity contribution in [2.75, 3.05) is 6.61 Å². The van der Waals surface area contributed by atoms with Gasteiger partial charge in [0.15, 0.2) is 0 Å². The predicted molar refractivity (Wildman–Crippen MR) is 139 cm³/mol. The maximum absolute atomic E-state index is 12.0. The first-order valence-electron chi connectivity index (χ1n) is 13.3. The van der Waals surface area contributed by atoms with E-state index in [1.54, 1.807) is 0 Å². The zero-order valence-corrected chi connectivity index (χ0v) is 21.3. The molecule has 0 N–H and O–H groups in total. The van der Waals surface area contributed by atoms with E-state index < -0.39 is 0 Å². The van der Waals surface area contributed by atoms with Gasteiger partial charge in [-0.2, -0.15) is 0 Å². The molecule has 0 spiro atoms. The minimum absolute atomic E-state index is 0.0825. The van der Waals surface area contributed by atoms with Crippen LogP contribution in [0, 0.1) is 17.8 Å². The Labute approximate surface area is 202 Å². The molecule has 2 heteroatoms. The van der Waals surface area contributed by atoms with Crippen LogP contribution in [0.1, 0.15) is 95.2 Å². The summed E-state index contributed by atoms with van der Waals surface area (Å²) in [7, 11) is 0. The van der Waals surface area contributed by atoms with Gasteiger partial charge in [-0.15, -0.1) is 0 Å². The monoisotopic (exact) mass is 448 g/mol. The van der Waals surface area contributed by atoms with E-state index in [0.717, 1.165) is 23.8 Å².